The number of rotatable bonds is 7. The number of aryl methyl sites for hydroxylation is 1. The van der Waals surface area contributed by atoms with E-state index >= 15 is 0 Å². The van der Waals surface area contributed by atoms with Gasteiger partial charge in [-0.15, -0.1) is 32.9 Å². The molecular formula is C24H27N7O2S3. The summed E-state index contributed by atoms with van der Waals surface area (Å²) in [5.74, 6) is 1.99. The van der Waals surface area contributed by atoms with Crippen LogP contribution in [0.2, 0.25) is 0 Å². The Labute approximate surface area is 218 Å². The summed E-state index contributed by atoms with van der Waals surface area (Å²) in [5.41, 5.74) is 2.68. The minimum atomic E-state index is -3.61. The van der Waals surface area contributed by atoms with Crippen molar-refractivity contribution in [3.63, 3.8) is 0 Å². The zero-order chi connectivity index (χ0) is 24.9. The van der Waals surface area contributed by atoms with Gasteiger partial charge in [0.1, 0.15) is 20.9 Å². The molecule has 1 atom stereocenters. The van der Waals surface area contributed by atoms with Gasteiger partial charge in [0.25, 0.3) is 10.0 Å². The maximum Gasteiger partial charge on any atom is 0.273 e. The second kappa shape index (κ2) is 9.25. The molecule has 3 aromatic heterocycles. The van der Waals surface area contributed by atoms with E-state index in [1.807, 2.05) is 32.2 Å². The van der Waals surface area contributed by atoms with Crippen molar-refractivity contribution in [3.05, 3.63) is 69.0 Å². The highest BCUT2D eigenvalue weighted by molar-refractivity contribution is 7.94. The van der Waals surface area contributed by atoms with Gasteiger partial charge in [0.2, 0.25) is 0 Å². The lowest BCUT2D eigenvalue weighted by molar-refractivity contribution is 0.209. The van der Waals surface area contributed by atoms with E-state index in [9.17, 15) is 8.42 Å². The van der Waals surface area contributed by atoms with Crippen LogP contribution in [0.1, 0.15) is 40.1 Å². The fraction of sp³-hybridized carbons (Fsp3) is 0.375. The predicted octanol–water partition coefficient (Wildman–Crippen LogP) is 4.04. The molecule has 1 N–H and O–H groups in total. The number of aromatic nitrogens is 4. The number of hydrogen-bond acceptors (Lipinski definition) is 9. The first-order valence-electron chi connectivity index (χ1n) is 11.9. The van der Waals surface area contributed by atoms with E-state index in [0.29, 0.717) is 16.4 Å². The van der Waals surface area contributed by atoms with Crippen molar-refractivity contribution in [2.24, 2.45) is 0 Å². The van der Waals surface area contributed by atoms with Gasteiger partial charge in [0, 0.05) is 43.7 Å². The molecular weight excluding hydrogens is 515 g/mol. The molecule has 4 aromatic rings. The predicted molar refractivity (Wildman–Crippen MR) is 142 cm³/mol. The molecule has 36 heavy (non-hydrogen) atoms. The number of sulfonamides is 1. The average Bonchev–Trinajstić information content (AvgIpc) is 3.66. The number of thiazole rings is 1. The highest BCUT2D eigenvalue weighted by atomic mass is 32.2. The number of benzene rings is 1. The molecule has 9 nitrogen and oxygen atoms in total. The molecule has 0 saturated carbocycles. The van der Waals surface area contributed by atoms with Crippen molar-refractivity contribution in [3.8, 4) is 0 Å². The van der Waals surface area contributed by atoms with E-state index in [0.717, 1.165) is 60.5 Å². The second-order valence-electron chi connectivity index (χ2n) is 9.00. The third-order valence-electron chi connectivity index (χ3n) is 6.73. The van der Waals surface area contributed by atoms with Crippen LogP contribution >= 0.6 is 22.7 Å². The smallest absolute Gasteiger partial charge is 0.273 e. The molecule has 5 heterocycles. The topological polar surface area (TPSA) is 96.2 Å². The summed E-state index contributed by atoms with van der Waals surface area (Å²) >= 11 is 2.96. The largest absolute Gasteiger partial charge is 0.374 e. The van der Waals surface area contributed by atoms with Crippen LogP contribution in [0.25, 0.3) is 0 Å². The van der Waals surface area contributed by atoms with Crippen molar-refractivity contribution in [2.45, 2.75) is 50.2 Å². The van der Waals surface area contributed by atoms with E-state index in [4.69, 9.17) is 4.98 Å². The summed E-state index contributed by atoms with van der Waals surface area (Å²) in [6.07, 6.45) is 2.74. The Kier molecular flexibility index (Phi) is 6.06. The zero-order valence-corrected chi connectivity index (χ0v) is 22.5. The molecule has 1 unspecified atom stereocenters. The average molecular weight is 542 g/mol. The van der Waals surface area contributed by atoms with E-state index in [2.05, 4.69) is 31.0 Å². The zero-order valence-electron chi connectivity index (χ0n) is 20.1. The van der Waals surface area contributed by atoms with Crippen molar-refractivity contribution in [1.29, 1.82) is 0 Å². The highest BCUT2D eigenvalue weighted by Gasteiger charge is 2.32. The third kappa shape index (κ3) is 4.11. The van der Waals surface area contributed by atoms with Gasteiger partial charge in [-0.05, 0) is 36.9 Å². The molecule has 0 radical (unpaired) electrons. The Morgan fingerprint density at radius 2 is 2.08 bits per heavy atom. The van der Waals surface area contributed by atoms with Gasteiger partial charge in [-0.25, -0.2) is 13.4 Å². The van der Waals surface area contributed by atoms with Crippen LogP contribution in [0.5, 0.6) is 0 Å². The lowest BCUT2D eigenvalue weighted by Gasteiger charge is -2.26. The maximum absolute atomic E-state index is 13.3. The summed E-state index contributed by atoms with van der Waals surface area (Å²) in [4.78, 5) is 8.34. The number of nitrogens with zero attached hydrogens (tertiary/aromatic N) is 6. The molecule has 0 bridgehead atoms. The van der Waals surface area contributed by atoms with Gasteiger partial charge in [-0.3, -0.25) is 9.21 Å². The van der Waals surface area contributed by atoms with Crippen molar-refractivity contribution in [2.75, 3.05) is 22.7 Å². The minimum absolute atomic E-state index is 0.0233. The molecule has 0 amide bonds. The Balaban J connectivity index is 1.19. The van der Waals surface area contributed by atoms with Gasteiger partial charge in [-0.2, -0.15) is 0 Å². The van der Waals surface area contributed by atoms with Crippen LogP contribution in [0.3, 0.4) is 0 Å². The first kappa shape index (κ1) is 23.6. The SMILES string of the molecule is CCN(c1cccc2c1NC(c1ncc(CN3CCn4c(C)nnc4C3)s1)C2)S(=O)(=O)c1cccs1. The van der Waals surface area contributed by atoms with Gasteiger partial charge in [-0.1, -0.05) is 18.2 Å². The van der Waals surface area contributed by atoms with Gasteiger partial charge in [0.15, 0.2) is 0 Å². The Morgan fingerprint density at radius 3 is 2.89 bits per heavy atom. The quantitative estimate of drug-likeness (QED) is 0.377. The monoisotopic (exact) mass is 541 g/mol. The number of thiophene rings is 1. The van der Waals surface area contributed by atoms with Crippen molar-refractivity contribution < 1.29 is 8.42 Å². The molecule has 2 aliphatic heterocycles. The van der Waals surface area contributed by atoms with Crippen LogP contribution in [0, 0.1) is 6.92 Å². The van der Waals surface area contributed by atoms with Crippen LogP contribution in [0.4, 0.5) is 11.4 Å². The van der Waals surface area contributed by atoms with E-state index in [1.165, 1.54) is 20.5 Å². The van der Waals surface area contributed by atoms with Crippen molar-refractivity contribution >= 4 is 44.1 Å². The van der Waals surface area contributed by atoms with Crippen molar-refractivity contribution in [1.82, 2.24) is 24.6 Å². The summed E-state index contributed by atoms with van der Waals surface area (Å²) in [5, 5.41) is 14.9. The molecule has 188 valence electrons. The minimum Gasteiger partial charge on any atom is -0.374 e. The van der Waals surface area contributed by atoms with Crippen LogP contribution in [-0.2, 0) is 36.1 Å². The van der Waals surface area contributed by atoms with E-state index in [-0.39, 0.29) is 6.04 Å². The molecule has 0 aliphatic carbocycles. The van der Waals surface area contributed by atoms with Gasteiger partial charge >= 0.3 is 0 Å². The lowest BCUT2D eigenvalue weighted by Crippen LogP contribution is -2.33. The molecule has 12 heteroatoms. The molecule has 0 spiro atoms. The molecule has 0 saturated heterocycles. The standard InChI is InChI=1S/C24H27N7O2S3/c1-3-31(36(32,33)22-8-5-11-34-22)20-7-4-6-17-12-19(26-23(17)20)24-25-13-18(35-24)14-29-9-10-30-16(2)27-28-21(30)15-29/h4-8,11,13,19,26H,3,9-10,12,14-15H2,1-2H3. The van der Waals surface area contributed by atoms with Gasteiger partial charge in [0.05, 0.1) is 24.0 Å². The van der Waals surface area contributed by atoms with E-state index < -0.39 is 10.0 Å². The maximum atomic E-state index is 13.3. The number of fused-ring (bicyclic) bond motifs is 2. The van der Waals surface area contributed by atoms with Crippen LogP contribution < -0.4 is 9.62 Å². The number of para-hydroxylation sites is 1. The summed E-state index contributed by atoms with van der Waals surface area (Å²) in [7, 11) is -3.61. The lowest BCUT2D eigenvalue weighted by atomic mass is 10.1. The summed E-state index contributed by atoms with van der Waals surface area (Å²) in [6, 6.07) is 9.34. The molecule has 0 fully saturated rings. The van der Waals surface area contributed by atoms with E-state index in [1.54, 1.807) is 28.8 Å². The fourth-order valence-corrected chi connectivity index (χ4v) is 8.58. The Hall–Kier alpha value is -2.80. The number of hydrogen-bond donors (Lipinski definition) is 1. The molecule has 2 aliphatic rings. The van der Waals surface area contributed by atoms with Crippen LogP contribution in [0.15, 0.2) is 46.1 Å². The Bertz CT molecular complexity index is 1490. The first-order chi connectivity index (χ1) is 17.4. The first-order valence-corrected chi connectivity index (χ1v) is 15.1. The third-order valence-corrected chi connectivity index (χ3v) is 11.1. The molecule has 6 rings (SSSR count). The number of nitrogens with one attached hydrogen (secondary N) is 1. The number of anilines is 2. The Morgan fingerprint density at radius 1 is 1.19 bits per heavy atom. The van der Waals surface area contributed by atoms with Crippen LogP contribution in [-0.4, -0.2) is 46.2 Å². The molecule has 1 aromatic carbocycles. The normalized spacial score (nSPS) is 17.6. The highest BCUT2D eigenvalue weighted by Crippen LogP contribution is 2.43. The fourth-order valence-electron chi connectivity index (χ4n) is 4.98. The van der Waals surface area contributed by atoms with Gasteiger partial charge < -0.3 is 9.88 Å². The summed E-state index contributed by atoms with van der Waals surface area (Å²) < 4.78 is 30.7. The second-order valence-corrected chi connectivity index (χ2v) is 13.2. The summed E-state index contributed by atoms with van der Waals surface area (Å²) in [6.45, 7) is 7.71.